The number of hydrogen-bond donors (Lipinski definition) is 1. The Bertz CT molecular complexity index is 1190. The molecule has 140 valence electrons. The molecule has 1 aromatic carbocycles. The zero-order valence-corrected chi connectivity index (χ0v) is 16.3. The van der Waals surface area contributed by atoms with Gasteiger partial charge >= 0.3 is 0 Å². The number of aryl methyl sites for hydroxylation is 4. The van der Waals surface area contributed by atoms with Crippen molar-refractivity contribution in [1.82, 2.24) is 19.7 Å². The standard InChI is InChI=1S/C22H21N5O/c1-13-9-15(3)21-17(10-13)14(2)11-19(24-21)27-20(12-16(4)26-27)25-22(28)18-7-5-6-8-23-18/h5-12H,1-4H3,(H,25,28). The summed E-state index contributed by atoms with van der Waals surface area (Å²) >= 11 is 0. The summed E-state index contributed by atoms with van der Waals surface area (Å²) in [5, 5.41) is 8.57. The molecule has 6 nitrogen and oxygen atoms in total. The molecule has 6 heteroatoms. The quantitative estimate of drug-likeness (QED) is 0.583. The van der Waals surface area contributed by atoms with Crippen molar-refractivity contribution >= 4 is 22.6 Å². The lowest BCUT2D eigenvalue weighted by Gasteiger charge is -2.12. The van der Waals surface area contributed by atoms with Crippen LogP contribution in [0.2, 0.25) is 0 Å². The summed E-state index contributed by atoms with van der Waals surface area (Å²) in [4.78, 5) is 21.5. The van der Waals surface area contributed by atoms with Crippen LogP contribution in [-0.4, -0.2) is 25.7 Å². The topological polar surface area (TPSA) is 72.7 Å². The molecule has 4 rings (SSSR count). The highest BCUT2D eigenvalue weighted by atomic mass is 16.2. The maximum atomic E-state index is 12.5. The van der Waals surface area contributed by atoms with Crippen molar-refractivity contribution < 1.29 is 4.79 Å². The average molecular weight is 371 g/mol. The number of pyridine rings is 2. The van der Waals surface area contributed by atoms with Gasteiger partial charge in [-0.1, -0.05) is 17.7 Å². The van der Waals surface area contributed by atoms with Gasteiger partial charge in [0.1, 0.15) is 11.5 Å². The number of benzene rings is 1. The van der Waals surface area contributed by atoms with Gasteiger partial charge in [-0.3, -0.25) is 9.78 Å². The van der Waals surface area contributed by atoms with Crippen LogP contribution < -0.4 is 5.32 Å². The molecule has 0 saturated carbocycles. The van der Waals surface area contributed by atoms with Crippen LogP contribution in [0.25, 0.3) is 16.7 Å². The van der Waals surface area contributed by atoms with Gasteiger partial charge < -0.3 is 5.32 Å². The second kappa shape index (κ2) is 6.88. The van der Waals surface area contributed by atoms with Crippen LogP contribution in [-0.2, 0) is 0 Å². The van der Waals surface area contributed by atoms with Crippen LogP contribution in [0.5, 0.6) is 0 Å². The minimum atomic E-state index is -0.286. The molecule has 0 aliphatic rings. The molecule has 1 N–H and O–H groups in total. The minimum Gasteiger partial charge on any atom is -0.305 e. The van der Waals surface area contributed by atoms with Gasteiger partial charge in [0.15, 0.2) is 5.82 Å². The molecular formula is C22H21N5O. The number of hydrogen-bond acceptors (Lipinski definition) is 4. The molecule has 1 amide bonds. The highest BCUT2D eigenvalue weighted by molar-refractivity contribution is 6.02. The van der Waals surface area contributed by atoms with Crippen molar-refractivity contribution in [2.45, 2.75) is 27.7 Å². The third kappa shape index (κ3) is 3.24. The maximum Gasteiger partial charge on any atom is 0.275 e. The Morgan fingerprint density at radius 1 is 1.00 bits per heavy atom. The van der Waals surface area contributed by atoms with Crippen molar-refractivity contribution in [1.29, 1.82) is 0 Å². The highest BCUT2D eigenvalue weighted by Crippen LogP contribution is 2.26. The van der Waals surface area contributed by atoms with Gasteiger partial charge in [-0.15, -0.1) is 0 Å². The molecule has 0 aliphatic heterocycles. The van der Waals surface area contributed by atoms with E-state index in [1.165, 1.54) is 5.56 Å². The van der Waals surface area contributed by atoms with Crippen molar-refractivity contribution in [3.63, 3.8) is 0 Å². The minimum absolute atomic E-state index is 0.286. The van der Waals surface area contributed by atoms with E-state index in [1.54, 1.807) is 29.1 Å². The smallest absolute Gasteiger partial charge is 0.275 e. The lowest BCUT2D eigenvalue weighted by Crippen LogP contribution is -2.16. The highest BCUT2D eigenvalue weighted by Gasteiger charge is 2.15. The number of rotatable bonds is 3. The first kappa shape index (κ1) is 17.9. The van der Waals surface area contributed by atoms with Crippen molar-refractivity contribution in [3.05, 3.63) is 76.7 Å². The third-order valence-electron chi connectivity index (χ3n) is 4.63. The van der Waals surface area contributed by atoms with Crippen molar-refractivity contribution in [2.24, 2.45) is 0 Å². The predicted octanol–water partition coefficient (Wildman–Crippen LogP) is 4.30. The second-order valence-corrected chi connectivity index (χ2v) is 7.03. The van der Waals surface area contributed by atoms with Gasteiger partial charge in [-0.2, -0.15) is 9.78 Å². The number of aromatic nitrogens is 4. The molecule has 4 aromatic rings. The Morgan fingerprint density at radius 3 is 2.57 bits per heavy atom. The van der Waals surface area contributed by atoms with E-state index < -0.39 is 0 Å². The number of amides is 1. The van der Waals surface area contributed by atoms with Crippen LogP contribution in [0.15, 0.2) is 48.7 Å². The molecular weight excluding hydrogens is 350 g/mol. The van der Waals surface area contributed by atoms with Gasteiger partial charge in [0.05, 0.1) is 11.2 Å². The summed E-state index contributed by atoms with van der Waals surface area (Å²) in [7, 11) is 0. The zero-order chi connectivity index (χ0) is 19.8. The fourth-order valence-corrected chi connectivity index (χ4v) is 3.38. The molecule has 0 spiro atoms. The Balaban J connectivity index is 1.79. The lowest BCUT2D eigenvalue weighted by atomic mass is 10.0. The van der Waals surface area contributed by atoms with Crippen LogP contribution in [0, 0.1) is 27.7 Å². The van der Waals surface area contributed by atoms with Crippen molar-refractivity contribution in [2.75, 3.05) is 5.32 Å². The molecule has 0 atom stereocenters. The number of nitrogens with zero attached hydrogens (tertiary/aromatic N) is 4. The molecule has 0 unspecified atom stereocenters. The maximum absolute atomic E-state index is 12.5. The fraction of sp³-hybridized carbons (Fsp3) is 0.182. The van der Waals surface area contributed by atoms with Crippen LogP contribution >= 0.6 is 0 Å². The molecule has 0 aliphatic carbocycles. The SMILES string of the molecule is Cc1cc(C)c2nc(-n3nc(C)cc3NC(=O)c3ccccn3)cc(C)c2c1. The van der Waals surface area contributed by atoms with E-state index >= 15 is 0 Å². The van der Waals surface area contributed by atoms with E-state index in [1.807, 2.05) is 19.1 Å². The normalized spacial score (nSPS) is 11.0. The Kier molecular flexibility index (Phi) is 4.39. The summed E-state index contributed by atoms with van der Waals surface area (Å²) in [6.07, 6.45) is 1.59. The van der Waals surface area contributed by atoms with E-state index in [4.69, 9.17) is 4.98 Å². The Labute approximate surface area is 163 Å². The number of carbonyl (C=O) groups excluding carboxylic acids is 1. The van der Waals surface area contributed by atoms with Crippen LogP contribution in [0.4, 0.5) is 5.82 Å². The number of carbonyl (C=O) groups is 1. The molecule has 0 radical (unpaired) electrons. The molecule has 3 heterocycles. The van der Waals surface area contributed by atoms with Gasteiger partial charge in [-0.25, -0.2) is 4.98 Å². The van der Waals surface area contributed by atoms with E-state index in [9.17, 15) is 4.79 Å². The molecule has 28 heavy (non-hydrogen) atoms. The average Bonchev–Trinajstić information content (AvgIpc) is 3.03. The Morgan fingerprint density at radius 2 is 1.82 bits per heavy atom. The van der Waals surface area contributed by atoms with Gasteiger partial charge in [-0.05, 0) is 63.1 Å². The summed E-state index contributed by atoms with van der Waals surface area (Å²) in [6, 6.07) is 13.3. The van der Waals surface area contributed by atoms with E-state index in [-0.39, 0.29) is 5.91 Å². The first-order chi connectivity index (χ1) is 13.4. The molecule has 3 aromatic heterocycles. The van der Waals surface area contributed by atoms with E-state index in [0.29, 0.717) is 17.3 Å². The van der Waals surface area contributed by atoms with E-state index in [2.05, 4.69) is 48.3 Å². The van der Waals surface area contributed by atoms with Crippen LogP contribution in [0.1, 0.15) is 32.9 Å². The molecule has 0 fully saturated rings. The second-order valence-electron chi connectivity index (χ2n) is 7.03. The van der Waals surface area contributed by atoms with Crippen LogP contribution in [0.3, 0.4) is 0 Å². The van der Waals surface area contributed by atoms with E-state index in [0.717, 1.165) is 27.7 Å². The fourth-order valence-electron chi connectivity index (χ4n) is 3.38. The summed E-state index contributed by atoms with van der Waals surface area (Å²) in [5.41, 5.74) is 5.51. The summed E-state index contributed by atoms with van der Waals surface area (Å²) < 4.78 is 1.67. The lowest BCUT2D eigenvalue weighted by molar-refractivity contribution is 0.102. The third-order valence-corrected chi connectivity index (χ3v) is 4.63. The number of fused-ring (bicyclic) bond motifs is 1. The zero-order valence-electron chi connectivity index (χ0n) is 16.3. The molecule has 0 bridgehead atoms. The number of nitrogens with one attached hydrogen (secondary N) is 1. The first-order valence-corrected chi connectivity index (χ1v) is 9.10. The molecule has 0 saturated heterocycles. The summed E-state index contributed by atoms with van der Waals surface area (Å²) in [6.45, 7) is 8.09. The predicted molar refractivity (Wildman–Crippen MR) is 110 cm³/mol. The van der Waals surface area contributed by atoms with Gasteiger partial charge in [0.25, 0.3) is 5.91 Å². The van der Waals surface area contributed by atoms with Crippen molar-refractivity contribution in [3.8, 4) is 5.82 Å². The first-order valence-electron chi connectivity index (χ1n) is 9.10. The Hall–Kier alpha value is -3.54. The van der Waals surface area contributed by atoms with Gasteiger partial charge in [0, 0.05) is 17.6 Å². The largest absolute Gasteiger partial charge is 0.305 e. The summed E-state index contributed by atoms with van der Waals surface area (Å²) in [5.74, 6) is 0.941. The van der Waals surface area contributed by atoms with Gasteiger partial charge in [0.2, 0.25) is 0 Å². The monoisotopic (exact) mass is 371 g/mol. The number of anilines is 1.